The third-order valence-corrected chi connectivity index (χ3v) is 4.02. The van der Waals surface area contributed by atoms with E-state index in [1.807, 2.05) is 0 Å². The molecule has 25 heavy (non-hydrogen) atoms. The summed E-state index contributed by atoms with van der Waals surface area (Å²) in [6.45, 7) is 2.77. The molecule has 1 atom stereocenters. The molecule has 0 radical (unpaired) electrons. The van der Waals surface area contributed by atoms with E-state index in [2.05, 4.69) is 10.5 Å². The van der Waals surface area contributed by atoms with E-state index in [4.69, 9.17) is 9.26 Å². The zero-order chi connectivity index (χ0) is 17.8. The smallest absolute Gasteiger partial charge is 0.254 e. The van der Waals surface area contributed by atoms with Crippen LogP contribution in [0.2, 0.25) is 0 Å². The Morgan fingerprint density at radius 2 is 2.20 bits per heavy atom. The van der Waals surface area contributed by atoms with E-state index in [9.17, 15) is 9.59 Å². The summed E-state index contributed by atoms with van der Waals surface area (Å²) < 4.78 is 10.4. The van der Waals surface area contributed by atoms with Gasteiger partial charge in [0.1, 0.15) is 17.6 Å². The first-order chi connectivity index (χ1) is 12.0. The molecule has 7 nitrogen and oxygen atoms in total. The lowest BCUT2D eigenvalue weighted by Gasteiger charge is -2.16. The highest BCUT2D eigenvalue weighted by molar-refractivity contribution is 5.98. The Morgan fingerprint density at radius 3 is 2.88 bits per heavy atom. The van der Waals surface area contributed by atoms with Crippen LogP contribution in [-0.2, 0) is 16.1 Å². The molecule has 132 valence electrons. The van der Waals surface area contributed by atoms with Crippen LogP contribution in [0.1, 0.15) is 34.7 Å². The number of rotatable bonds is 5. The fourth-order valence-corrected chi connectivity index (χ4v) is 2.76. The van der Waals surface area contributed by atoms with E-state index < -0.39 is 6.10 Å². The third kappa shape index (κ3) is 4.24. The van der Waals surface area contributed by atoms with Gasteiger partial charge in [-0.2, -0.15) is 0 Å². The van der Waals surface area contributed by atoms with E-state index >= 15 is 0 Å². The van der Waals surface area contributed by atoms with Gasteiger partial charge in [-0.15, -0.1) is 0 Å². The molecule has 2 aromatic rings. The number of aryl methyl sites for hydroxylation is 1. The van der Waals surface area contributed by atoms with Gasteiger partial charge >= 0.3 is 0 Å². The van der Waals surface area contributed by atoms with Gasteiger partial charge in [-0.25, -0.2) is 0 Å². The van der Waals surface area contributed by atoms with Crippen molar-refractivity contribution in [1.29, 1.82) is 0 Å². The van der Waals surface area contributed by atoms with Gasteiger partial charge in [0.15, 0.2) is 0 Å². The molecule has 0 bridgehead atoms. The van der Waals surface area contributed by atoms with Crippen molar-refractivity contribution in [1.82, 2.24) is 10.1 Å². The predicted molar refractivity (Wildman–Crippen MR) is 91.1 cm³/mol. The number of ether oxygens (including phenoxy) is 1. The minimum absolute atomic E-state index is 0.158. The SMILES string of the molecule is Cc1cc(CN(C)C(=O)c2cccc(NC(=O)[C@H]3CCCO3)c2)no1. The summed E-state index contributed by atoms with van der Waals surface area (Å²) in [5.41, 5.74) is 1.76. The number of nitrogens with one attached hydrogen (secondary N) is 1. The molecule has 1 aliphatic rings. The van der Waals surface area contributed by atoms with Crippen LogP contribution in [0, 0.1) is 6.92 Å². The first-order valence-corrected chi connectivity index (χ1v) is 8.23. The fraction of sp³-hybridized carbons (Fsp3) is 0.389. The van der Waals surface area contributed by atoms with E-state index in [0.29, 0.717) is 35.9 Å². The van der Waals surface area contributed by atoms with E-state index in [1.54, 1.807) is 49.2 Å². The summed E-state index contributed by atoms with van der Waals surface area (Å²) in [5.74, 6) is 0.372. The van der Waals surface area contributed by atoms with Crippen molar-refractivity contribution in [2.24, 2.45) is 0 Å². The van der Waals surface area contributed by atoms with Crippen LogP contribution in [0.4, 0.5) is 5.69 Å². The van der Waals surface area contributed by atoms with Crippen molar-refractivity contribution in [2.45, 2.75) is 32.4 Å². The second-order valence-electron chi connectivity index (χ2n) is 6.16. The lowest BCUT2D eigenvalue weighted by atomic mass is 10.1. The van der Waals surface area contributed by atoms with E-state index in [-0.39, 0.29) is 11.8 Å². The molecular weight excluding hydrogens is 322 g/mol. The van der Waals surface area contributed by atoms with Crippen LogP contribution in [0.5, 0.6) is 0 Å². The molecule has 3 rings (SSSR count). The number of benzene rings is 1. The Kier molecular flexibility index (Phi) is 5.14. The number of anilines is 1. The van der Waals surface area contributed by atoms with Gasteiger partial charge < -0.3 is 19.5 Å². The summed E-state index contributed by atoms with van der Waals surface area (Å²) in [7, 11) is 1.70. The number of carbonyl (C=O) groups is 2. The van der Waals surface area contributed by atoms with E-state index in [1.165, 1.54) is 0 Å². The fourth-order valence-electron chi connectivity index (χ4n) is 2.76. The molecule has 1 N–H and O–H groups in total. The first-order valence-electron chi connectivity index (χ1n) is 8.23. The molecule has 7 heteroatoms. The number of hydrogen-bond acceptors (Lipinski definition) is 5. The van der Waals surface area contributed by atoms with Crippen LogP contribution in [0.15, 0.2) is 34.9 Å². The molecule has 1 aromatic heterocycles. The maximum atomic E-state index is 12.6. The number of nitrogens with zero attached hydrogens (tertiary/aromatic N) is 2. The van der Waals surface area contributed by atoms with Crippen LogP contribution >= 0.6 is 0 Å². The van der Waals surface area contributed by atoms with Crippen molar-refractivity contribution >= 4 is 17.5 Å². The summed E-state index contributed by atoms with van der Waals surface area (Å²) in [4.78, 5) is 26.3. The maximum Gasteiger partial charge on any atom is 0.254 e. The van der Waals surface area contributed by atoms with Gasteiger partial charge in [-0.05, 0) is 38.0 Å². The molecule has 2 heterocycles. The third-order valence-electron chi connectivity index (χ3n) is 4.02. The van der Waals surface area contributed by atoms with Crippen molar-refractivity contribution in [2.75, 3.05) is 19.0 Å². The van der Waals surface area contributed by atoms with Gasteiger partial charge in [0.2, 0.25) is 0 Å². The van der Waals surface area contributed by atoms with Crippen molar-refractivity contribution in [3.05, 3.63) is 47.3 Å². The van der Waals surface area contributed by atoms with Gasteiger partial charge in [-0.1, -0.05) is 11.2 Å². The molecule has 1 fully saturated rings. The predicted octanol–water partition coefficient (Wildman–Crippen LogP) is 2.37. The molecule has 1 aliphatic heterocycles. The molecule has 0 spiro atoms. The monoisotopic (exact) mass is 343 g/mol. The standard InChI is InChI=1S/C18H21N3O4/c1-12-9-15(20-25-12)11-21(2)18(23)13-5-3-6-14(10-13)19-17(22)16-7-4-8-24-16/h3,5-6,9-10,16H,4,7-8,11H2,1-2H3,(H,19,22)/t16-/m1/s1. The molecular formula is C18H21N3O4. The Bertz CT molecular complexity index is 765. The first kappa shape index (κ1) is 17.2. The molecule has 0 aliphatic carbocycles. The van der Waals surface area contributed by atoms with Crippen molar-refractivity contribution in [3.8, 4) is 0 Å². The summed E-state index contributed by atoms with van der Waals surface area (Å²) in [6, 6.07) is 8.67. The zero-order valence-corrected chi connectivity index (χ0v) is 14.3. The summed E-state index contributed by atoms with van der Waals surface area (Å²) in [6.07, 6.45) is 1.21. The highest BCUT2D eigenvalue weighted by atomic mass is 16.5. The largest absolute Gasteiger partial charge is 0.368 e. The second kappa shape index (κ2) is 7.48. The van der Waals surface area contributed by atoms with Gasteiger partial charge in [0.25, 0.3) is 11.8 Å². The van der Waals surface area contributed by atoms with Gasteiger partial charge in [-0.3, -0.25) is 9.59 Å². The number of carbonyl (C=O) groups excluding carboxylic acids is 2. The van der Waals surface area contributed by atoms with Crippen LogP contribution in [0.3, 0.4) is 0 Å². The van der Waals surface area contributed by atoms with Crippen LogP contribution in [-0.4, -0.2) is 41.6 Å². The highest BCUT2D eigenvalue weighted by Crippen LogP contribution is 2.17. The average molecular weight is 343 g/mol. The van der Waals surface area contributed by atoms with Crippen molar-refractivity contribution < 1.29 is 18.8 Å². The normalized spacial score (nSPS) is 16.6. The molecule has 1 aromatic carbocycles. The number of hydrogen-bond donors (Lipinski definition) is 1. The maximum absolute atomic E-state index is 12.6. The lowest BCUT2D eigenvalue weighted by Crippen LogP contribution is -2.28. The lowest BCUT2D eigenvalue weighted by molar-refractivity contribution is -0.124. The molecule has 1 saturated heterocycles. The summed E-state index contributed by atoms with van der Waals surface area (Å²) in [5, 5.41) is 6.70. The molecule has 0 saturated carbocycles. The minimum Gasteiger partial charge on any atom is -0.368 e. The Balaban J connectivity index is 1.65. The summed E-state index contributed by atoms with van der Waals surface area (Å²) >= 11 is 0. The van der Waals surface area contributed by atoms with E-state index in [0.717, 1.165) is 12.8 Å². The van der Waals surface area contributed by atoms with Crippen molar-refractivity contribution in [3.63, 3.8) is 0 Å². The Labute approximate surface area is 145 Å². The minimum atomic E-state index is -0.405. The van der Waals surface area contributed by atoms with Crippen LogP contribution < -0.4 is 5.32 Å². The quantitative estimate of drug-likeness (QED) is 0.901. The number of amides is 2. The Hall–Kier alpha value is -2.67. The van der Waals surface area contributed by atoms with Gasteiger partial charge in [0.05, 0.1) is 6.54 Å². The highest BCUT2D eigenvalue weighted by Gasteiger charge is 2.23. The topological polar surface area (TPSA) is 84.7 Å². The number of aromatic nitrogens is 1. The zero-order valence-electron chi connectivity index (χ0n) is 14.3. The van der Waals surface area contributed by atoms with Gasteiger partial charge in [0, 0.05) is 31.0 Å². The molecule has 2 amide bonds. The van der Waals surface area contributed by atoms with Crippen LogP contribution in [0.25, 0.3) is 0 Å². The Morgan fingerprint density at radius 1 is 1.36 bits per heavy atom. The molecule has 0 unspecified atom stereocenters. The second-order valence-corrected chi connectivity index (χ2v) is 6.16. The average Bonchev–Trinajstić information content (AvgIpc) is 3.26.